The summed E-state index contributed by atoms with van der Waals surface area (Å²) in [5.41, 5.74) is 3.70. The van der Waals surface area contributed by atoms with Crippen LogP contribution in [0.2, 0.25) is 5.02 Å². The second-order valence-electron chi connectivity index (χ2n) is 7.80. The second-order valence-corrected chi connectivity index (χ2v) is 8.23. The van der Waals surface area contributed by atoms with Crippen molar-refractivity contribution < 1.29 is 19.6 Å². The van der Waals surface area contributed by atoms with E-state index >= 15 is 0 Å². The Kier molecular flexibility index (Phi) is 7.13. The van der Waals surface area contributed by atoms with Crippen molar-refractivity contribution in [2.75, 3.05) is 39.3 Å². The van der Waals surface area contributed by atoms with Gasteiger partial charge in [0.05, 0.1) is 0 Å². The Balaban J connectivity index is 1.38. The summed E-state index contributed by atoms with van der Waals surface area (Å²) in [5, 5.41) is 11.2. The van der Waals surface area contributed by atoms with Gasteiger partial charge in [-0.25, -0.2) is 0 Å². The van der Waals surface area contributed by atoms with Crippen LogP contribution in [0, 0.1) is 13.8 Å². The predicted molar refractivity (Wildman–Crippen MR) is 109 cm³/mol. The number of hydrogen-bond donors (Lipinski definition) is 3. The first-order valence-corrected chi connectivity index (χ1v) is 10.2. The molecule has 2 aromatic carbocycles. The highest BCUT2D eigenvalue weighted by Crippen LogP contribution is 2.16. The molecule has 0 bridgehead atoms. The van der Waals surface area contributed by atoms with Crippen molar-refractivity contribution in [1.82, 2.24) is 0 Å². The summed E-state index contributed by atoms with van der Waals surface area (Å²) in [4.78, 5) is 3.06. The molecule has 1 aliphatic heterocycles. The van der Waals surface area contributed by atoms with Crippen LogP contribution in [0.25, 0.3) is 0 Å². The number of halogens is 1. The van der Waals surface area contributed by atoms with Crippen molar-refractivity contribution >= 4 is 11.6 Å². The van der Waals surface area contributed by atoms with Gasteiger partial charge in [-0.05, 0) is 49.2 Å². The fourth-order valence-corrected chi connectivity index (χ4v) is 3.96. The van der Waals surface area contributed by atoms with E-state index in [2.05, 4.69) is 32.0 Å². The number of aliphatic hydroxyl groups is 1. The topological polar surface area (TPSA) is 38.3 Å². The van der Waals surface area contributed by atoms with Crippen molar-refractivity contribution in [3.8, 4) is 5.75 Å². The van der Waals surface area contributed by atoms with E-state index in [9.17, 15) is 5.11 Å². The fourth-order valence-electron chi connectivity index (χ4n) is 3.83. The molecule has 0 aliphatic carbocycles. The molecule has 5 heteroatoms. The molecule has 0 aromatic heterocycles. The van der Waals surface area contributed by atoms with Gasteiger partial charge >= 0.3 is 0 Å². The molecule has 146 valence electrons. The zero-order chi connectivity index (χ0) is 19.2. The van der Waals surface area contributed by atoms with E-state index in [1.54, 1.807) is 4.90 Å². The molecule has 3 rings (SSSR count). The first kappa shape index (κ1) is 20.2. The minimum Gasteiger partial charge on any atom is -0.491 e. The number of quaternary nitrogens is 2. The standard InChI is InChI=1S/C22H29ClN2O2/c1-17-11-18(2)13-22(12-17)27-16-21(26)15-25-9-7-24(8-10-25)14-19-3-5-20(23)6-4-19/h3-6,11-13,21,26H,7-10,14-16H2,1-2H3/p+2/t21-/m0/s1. The Hall–Kier alpha value is -1.59. The molecular weight excluding hydrogens is 360 g/mol. The van der Waals surface area contributed by atoms with Gasteiger partial charge in [0.15, 0.2) is 0 Å². The molecule has 0 spiro atoms. The fraction of sp³-hybridized carbons (Fsp3) is 0.455. The molecule has 1 heterocycles. The molecule has 1 saturated heterocycles. The van der Waals surface area contributed by atoms with Crippen LogP contribution < -0.4 is 14.5 Å². The Morgan fingerprint density at radius 1 is 0.963 bits per heavy atom. The quantitative estimate of drug-likeness (QED) is 0.650. The van der Waals surface area contributed by atoms with Crippen LogP contribution in [0.5, 0.6) is 5.75 Å². The number of benzene rings is 2. The SMILES string of the molecule is Cc1cc(C)cc(OC[C@@H](O)C[NH+]2CC[NH+](Cc3ccc(Cl)cc3)CC2)c1. The van der Waals surface area contributed by atoms with Crippen LogP contribution in [0.4, 0.5) is 0 Å². The van der Waals surface area contributed by atoms with E-state index in [0.29, 0.717) is 6.61 Å². The first-order valence-electron chi connectivity index (χ1n) is 9.78. The first-order chi connectivity index (χ1) is 13.0. The van der Waals surface area contributed by atoms with Crippen LogP contribution in [0.15, 0.2) is 42.5 Å². The van der Waals surface area contributed by atoms with Crippen molar-refractivity contribution in [2.24, 2.45) is 0 Å². The van der Waals surface area contributed by atoms with Crippen molar-refractivity contribution in [3.63, 3.8) is 0 Å². The van der Waals surface area contributed by atoms with Crippen molar-refractivity contribution in [1.29, 1.82) is 0 Å². The number of nitrogens with one attached hydrogen (secondary N) is 2. The van der Waals surface area contributed by atoms with Crippen LogP contribution in [-0.2, 0) is 6.54 Å². The van der Waals surface area contributed by atoms with E-state index in [1.165, 1.54) is 21.6 Å². The zero-order valence-corrected chi connectivity index (χ0v) is 17.1. The Labute approximate surface area is 167 Å². The molecule has 0 saturated carbocycles. The minimum absolute atomic E-state index is 0.355. The number of hydrogen-bond acceptors (Lipinski definition) is 2. The smallest absolute Gasteiger partial charge is 0.137 e. The normalized spacial score (nSPS) is 21.0. The molecule has 1 atom stereocenters. The van der Waals surface area contributed by atoms with Gasteiger partial charge < -0.3 is 19.6 Å². The highest BCUT2D eigenvalue weighted by molar-refractivity contribution is 6.30. The van der Waals surface area contributed by atoms with Crippen LogP contribution in [0.3, 0.4) is 0 Å². The van der Waals surface area contributed by atoms with Gasteiger partial charge in [0.25, 0.3) is 0 Å². The lowest BCUT2D eigenvalue weighted by Crippen LogP contribution is -3.28. The maximum absolute atomic E-state index is 10.4. The molecule has 4 nitrogen and oxygen atoms in total. The molecular formula is C22H31ClN2O2+2. The molecule has 1 aliphatic rings. The lowest BCUT2D eigenvalue weighted by atomic mass is 10.1. The molecule has 27 heavy (non-hydrogen) atoms. The van der Waals surface area contributed by atoms with E-state index < -0.39 is 6.10 Å². The van der Waals surface area contributed by atoms with Gasteiger partial charge in [0, 0.05) is 10.6 Å². The van der Waals surface area contributed by atoms with Crippen LogP contribution in [-0.4, -0.2) is 50.5 Å². The number of piperazine rings is 1. The highest BCUT2D eigenvalue weighted by atomic mass is 35.5. The zero-order valence-electron chi connectivity index (χ0n) is 16.3. The van der Waals surface area contributed by atoms with Gasteiger partial charge in [-0.3, -0.25) is 0 Å². The maximum atomic E-state index is 10.4. The summed E-state index contributed by atoms with van der Waals surface area (Å²) < 4.78 is 5.80. The summed E-state index contributed by atoms with van der Waals surface area (Å²) in [6.45, 7) is 10.7. The largest absolute Gasteiger partial charge is 0.491 e. The van der Waals surface area contributed by atoms with Gasteiger partial charge in [-0.15, -0.1) is 0 Å². The van der Waals surface area contributed by atoms with E-state index in [1.807, 2.05) is 24.3 Å². The molecule has 1 fully saturated rings. The van der Waals surface area contributed by atoms with Crippen molar-refractivity contribution in [2.45, 2.75) is 26.5 Å². The predicted octanol–water partition coefficient (Wildman–Crippen LogP) is 0.680. The summed E-state index contributed by atoms with van der Waals surface area (Å²) >= 11 is 5.96. The third kappa shape index (κ3) is 6.51. The number of rotatable bonds is 7. The Bertz CT molecular complexity index is 707. The third-order valence-corrected chi connectivity index (χ3v) is 5.45. The molecule has 0 amide bonds. The summed E-state index contributed by atoms with van der Waals surface area (Å²) in [6, 6.07) is 14.3. The summed E-state index contributed by atoms with van der Waals surface area (Å²) in [5.74, 6) is 0.846. The van der Waals surface area contributed by atoms with Crippen LogP contribution >= 0.6 is 11.6 Å². The lowest BCUT2D eigenvalue weighted by molar-refractivity contribution is -1.02. The molecule has 0 radical (unpaired) electrons. The summed E-state index contributed by atoms with van der Waals surface area (Å²) in [6.07, 6.45) is -0.432. The van der Waals surface area contributed by atoms with Gasteiger partial charge in [-0.2, -0.15) is 0 Å². The van der Waals surface area contributed by atoms with Gasteiger partial charge in [0.1, 0.15) is 57.7 Å². The van der Waals surface area contributed by atoms with Gasteiger partial charge in [0.2, 0.25) is 0 Å². The second kappa shape index (κ2) is 9.56. The lowest BCUT2D eigenvalue weighted by Gasteiger charge is -2.30. The van der Waals surface area contributed by atoms with Crippen LogP contribution in [0.1, 0.15) is 16.7 Å². The van der Waals surface area contributed by atoms with E-state index in [4.69, 9.17) is 16.3 Å². The Morgan fingerprint density at radius 3 is 2.19 bits per heavy atom. The van der Waals surface area contributed by atoms with Gasteiger partial charge in [-0.1, -0.05) is 29.8 Å². The number of ether oxygens (including phenoxy) is 1. The third-order valence-electron chi connectivity index (χ3n) is 5.19. The molecule has 3 N–H and O–H groups in total. The van der Waals surface area contributed by atoms with E-state index in [0.717, 1.165) is 50.0 Å². The Morgan fingerprint density at radius 2 is 1.56 bits per heavy atom. The average molecular weight is 391 g/mol. The van der Waals surface area contributed by atoms with Crippen molar-refractivity contribution in [3.05, 3.63) is 64.2 Å². The molecule has 2 aromatic rings. The minimum atomic E-state index is -0.432. The average Bonchev–Trinajstić information content (AvgIpc) is 2.63. The monoisotopic (exact) mass is 390 g/mol. The van der Waals surface area contributed by atoms with E-state index in [-0.39, 0.29) is 0 Å². The maximum Gasteiger partial charge on any atom is 0.137 e. The number of aryl methyl sites for hydroxylation is 2. The number of aliphatic hydroxyl groups excluding tert-OH is 1. The molecule has 0 unspecified atom stereocenters. The summed E-state index contributed by atoms with van der Waals surface area (Å²) in [7, 11) is 0. The highest BCUT2D eigenvalue weighted by Gasteiger charge is 2.25.